The zero-order valence-electron chi connectivity index (χ0n) is 12.4. The molecule has 0 radical (unpaired) electrons. The molecule has 1 saturated heterocycles. The number of urea groups is 1. The van der Waals surface area contributed by atoms with Crippen LogP contribution in [-0.4, -0.2) is 40.2 Å². The first-order valence-electron chi connectivity index (χ1n) is 7.40. The van der Waals surface area contributed by atoms with Crippen molar-refractivity contribution in [2.24, 2.45) is 0 Å². The number of rotatable bonds is 1. The number of aliphatic hydroxyl groups is 1. The van der Waals surface area contributed by atoms with Gasteiger partial charge in [-0.2, -0.15) is 0 Å². The third kappa shape index (κ3) is 2.82. The highest BCUT2D eigenvalue weighted by atomic mass is 16.3. The van der Waals surface area contributed by atoms with E-state index in [0.29, 0.717) is 24.9 Å². The smallest absolute Gasteiger partial charge is 0.322 e. The van der Waals surface area contributed by atoms with Crippen molar-refractivity contribution >= 4 is 22.6 Å². The second kappa shape index (κ2) is 5.81. The number of nitrogens with zero attached hydrogens (tertiary/aromatic N) is 1. The third-order valence-electron chi connectivity index (χ3n) is 3.96. The number of fused-ring (bicyclic) bond motifs is 1. The molecule has 2 aromatic rings. The van der Waals surface area contributed by atoms with Crippen molar-refractivity contribution in [1.82, 2.24) is 9.88 Å². The van der Waals surface area contributed by atoms with Crippen LogP contribution in [0, 0.1) is 6.92 Å². The van der Waals surface area contributed by atoms with E-state index in [1.54, 1.807) is 6.07 Å². The Bertz CT molecular complexity index is 769. The topological polar surface area (TPSA) is 85.4 Å². The molecule has 6 heteroatoms. The lowest BCUT2D eigenvalue weighted by molar-refractivity contribution is 0.0883. The second-order valence-electron chi connectivity index (χ2n) is 5.75. The number of H-pyrrole nitrogens is 1. The molecule has 6 nitrogen and oxygen atoms in total. The number of aromatic nitrogens is 1. The summed E-state index contributed by atoms with van der Waals surface area (Å²) in [4.78, 5) is 29.2. The van der Waals surface area contributed by atoms with Crippen LogP contribution in [0.3, 0.4) is 0 Å². The van der Waals surface area contributed by atoms with E-state index in [1.807, 2.05) is 19.1 Å². The molecule has 1 atom stereocenters. The molecule has 1 unspecified atom stereocenters. The van der Waals surface area contributed by atoms with Gasteiger partial charge in [-0.15, -0.1) is 0 Å². The summed E-state index contributed by atoms with van der Waals surface area (Å²) in [5, 5.41) is 12.8. The van der Waals surface area contributed by atoms with Crippen LogP contribution in [0.4, 0.5) is 10.5 Å². The second-order valence-corrected chi connectivity index (χ2v) is 5.75. The summed E-state index contributed by atoms with van der Waals surface area (Å²) < 4.78 is 0. The molecular formula is C16H19N3O3. The molecule has 2 amide bonds. The maximum atomic E-state index is 12.5. The quantitative estimate of drug-likeness (QED) is 0.751. The van der Waals surface area contributed by atoms with Crippen molar-refractivity contribution in [1.29, 1.82) is 0 Å². The molecule has 0 saturated carbocycles. The van der Waals surface area contributed by atoms with Crippen molar-refractivity contribution in [3.05, 3.63) is 40.2 Å². The maximum Gasteiger partial charge on any atom is 0.322 e. The number of piperidine rings is 1. The van der Waals surface area contributed by atoms with E-state index in [2.05, 4.69) is 10.3 Å². The fourth-order valence-electron chi connectivity index (χ4n) is 2.76. The molecule has 1 aliphatic heterocycles. The van der Waals surface area contributed by atoms with Gasteiger partial charge in [-0.25, -0.2) is 4.79 Å². The Balaban J connectivity index is 1.86. The highest BCUT2D eigenvalue weighted by Gasteiger charge is 2.22. The lowest BCUT2D eigenvalue weighted by Gasteiger charge is -2.30. The minimum atomic E-state index is -0.489. The average molecular weight is 301 g/mol. The molecule has 1 aromatic heterocycles. The van der Waals surface area contributed by atoms with Crippen LogP contribution in [-0.2, 0) is 0 Å². The van der Waals surface area contributed by atoms with Gasteiger partial charge in [0.1, 0.15) is 5.69 Å². The van der Waals surface area contributed by atoms with Crippen molar-refractivity contribution < 1.29 is 9.90 Å². The molecule has 1 aliphatic rings. The number of anilines is 1. The third-order valence-corrected chi connectivity index (χ3v) is 3.96. The predicted octanol–water partition coefficient (Wildman–Crippen LogP) is 1.83. The summed E-state index contributed by atoms with van der Waals surface area (Å²) in [7, 11) is 0. The van der Waals surface area contributed by atoms with E-state index < -0.39 is 6.10 Å². The van der Waals surface area contributed by atoms with Gasteiger partial charge in [-0.1, -0.05) is 11.6 Å². The predicted molar refractivity (Wildman–Crippen MR) is 85.1 cm³/mol. The first kappa shape index (κ1) is 14.6. The summed E-state index contributed by atoms with van der Waals surface area (Å²) in [6.45, 7) is 2.81. The summed E-state index contributed by atoms with van der Waals surface area (Å²) in [6, 6.07) is 5.22. The number of aryl methyl sites for hydroxylation is 1. The van der Waals surface area contributed by atoms with Gasteiger partial charge >= 0.3 is 6.03 Å². The largest absolute Gasteiger partial charge is 0.391 e. The van der Waals surface area contributed by atoms with Gasteiger partial charge in [0.2, 0.25) is 5.43 Å². The number of β-amino-alcohol motifs (C(OH)–C–C–N with tert-alkyl or cyclic N) is 1. The van der Waals surface area contributed by atoms with Crippen molar-refractivity contribution in [3.63, 3.8) is 0 Å². The van der Waals surface area contributed by atoms with Gasteiger partial charge in [0.25, 0.3) is 0 Å². The summed E-state index contributed by atoms with van der Waals surface area (Å²) >= 11 is 0. The van der Waals surface area contributed by atoms with E-state index in [9.17, 15) is 14.7 Å². The van der Waals surface area contributed by atoms with E-state index in [-0.39, 0.29) is 17.1 Å². The Morgan fingerprint density at radius 1 is 1.45 bits per heavy atom. The standard InChI is InChI=1S/C16H19N3O3/c1-10-4-5-13-12(7-10)15(21)14(8-17-13)18-16(22)19-6-2-3-11(20)9-19/h4-5,7-8,11,20H,2-3,6,9H2,1H3,(H,17,21)(H,18,22). The summed E-state index contributed by atoms with van der Waals surface area (Å²) in [6.07, 6.45) is 2.50. The number of benzene rings is 1. The van der Waals surface area contributed by atoms with Crippen molar-refractivity contribution in [3.8, 4) is 0 Å². The zero-order valence-corrected chi connectivity index (χ0v) is 12.4. The number of carbonyl (C=O) groups excluding carboxylic acids is 1. The van der Waals surface area contributed by atoms with Gasteiger partial charge in [-0.05, 0) is 31.9 Å². The molecule has 2 heterocycles. The minimum absolute atomic E-state index is 0.205. The van der Waals surface area contributed by atoms with Crippen LogP contribution < -0.4 is 10.7 Å². The number of hydrogen-bond acceptors (Lipinski definition) is 3. The fraction of sp³-hybridized carbons (Fsp3) is 0.375. The Kier molecular flexibility index (Phi) is 3.85. The SMILES string of the molecule is Cc1ccc2[nH]cc(NC(=O)N3CCCC(O)C3)c(=O)c2c1. The Labute approximate surface area is 127 Å². The number of carbonyl (C=O) groups is 1. The molecule has 116 valence electrons. The summed E-state index contributed by atoms with van der Waals surface area (Å²) in [5.41, 5.74) is 1.74. The Hall–Kier alpha value is -2.34. The molecule has 0 spiro atoms. The first-order chi connectivity index (χ1) is 10.5. The Morgan fingerprint density at radius 2 is 2.27 bits per heavy atom. The number of amides is 2. The molecule has 3 N–H and O–H groups in total. The van der Waals surface area contributed by atoms with Crippen LogP contribution >= 0.6 is 0 Å². The van der Waals surface area contributed by atoms with Gasteiger partial charge in [0.15, 0.2) is 0 Å². The van der Waals surface area contributed by atoms with E-state index in [1.165, 1.54) is 11.1 Å². The van der Waals surface area contributed by atoms with Gasteiger partial charge in [0.05, 0.1) is 6.10 Å². The molecule has 1 fully saturated rings. The van der Waals surface area contributed by atoms with Gasteiger partial charge in [-0.3, -0.25) is 4.79 Å². The lowest BCUT2D eigenvalue weighted by Crippen LogP contribution is -2.44. The summed E-state index contributed by atoms with van der Waals surface area (Å²) in [5.74, 6) is 0. The number of aromatic amines is 1. The van der Waals surface area contributed by atoms with Crippen molar-refractivity contribution in [2.45, 2.75) is 25.9 Å². The number of aliphatic hydroxyl groups excluding tert-OH is 1. The van der Waals surface area contributed by atoms with Crippen LogP contribution in [0.1, 0.15) is 18.4 Å². The van der Waals surface area contributed by atoms with Crippen molar-refractivity contribution in [2.75, 3.05) is 18.4 Å². The first-order valence-corrected chi connectivity index (χ1v) is 7.40. The molecule has 0 aliphatic carbocycles. The molecular weight excluding hydrogens is 282 g/mol. The van der Waals surface area contributed by atoms with E-state index in [4.69, 9.17) is 0 Å². The number of likely N-dealkylation sites (tertiary alicyclic amines) is 1. The number of pyridine rings is 1. The lowest BCUT2D eigenvalue weighted by atomic mass is 10.1. The molecule has 3 rings (SSSR count). The minimum Gasteiger partial charge on any atom is -0.391 e. The van der Waals surface area contributed by atoms with Gasteiger partial charge in [0, 0.05) is 30.2 Å². The highest BCUT2D eigenvalue weighted by molar-refractivity contribution is 5.92. The van der Waals surface area contributed by atoms with Crippen LogP contribution in [0.15, 0.2) is 29.2 Å². The normalized spacial score (nSPS) is 18.5. The zero-order chi connectivity index (χ0) is 15.7. The number of nitrogens with one attached hydrogen (secondary N) is 2. The Morgan fingerprint density at radius 3 is 3.05 bits per heavy atom. The molecule has 0 bridgehead atoms. The van der Waals surface area contributed by atoms with Gasteiger partial charge < -0.3 is 20.3 Å². The van der Waals surface area contributed by atoms with Crippen LogP contribution in [0.2, 0.25) is 0 Å². The van der Waals surface area contributed by atoms with E-state index >= 15 is 0 Å². The average Bonchev–Trinajstić information content (AvgIpc) is 2.50. The maximum absolute atomic E-state index is 12.5. The molecule has 22 heavy (non-hydrogen) atoms. The highest BCUT2D eigenvalue weighted by Crippen LogP contribution is 2.14. The monoisotopic (exact) mass is 301 g/mol. The molecule has 1 aromatic carbocycles. The number of hydrogen-bond donors (Lipinski definition) is 3. The van der Waals surface area contributed by atoms with Crippen LogP contribution in [0.5, 0.6) is 0 Å². The fourth-order valence-corrected chi connectivity index (χ4v) is 2.76. The van der Waals surface area contributed by atoms with Crippen LogP contribution in [0.25, 0.3) is 10.9 Å². The van der Waals surface area contributed by atoms with E-state index in [0.717, 1.165) is 17.5 Å².